The van der Waals surface area contributed by atoms with Crippen LogP contribution in [0.25, 0.3) is 0 Å². The standard InChI is InChI=1S/C12H20ClN3O2/c1-14-7-11-10(13)4-5-12(16-11)15-6-9(18-3)8-17-2/h4-5,9,14H,6-8H2,1-3H3,(H,15,16). The third-order valence-corrected chi connectivity index (χ3v) is 2.80. The van der Waals surface area contributed by atoms with Crippen LogP contribution in [0.5, 0.6) is 0 Å². The van der Waals surface area contributed by atoms with Gasteiger partial charge in [0.15, 0.2) is 0 Å². The topological polar surface area (TPSA) is 55.4 Å². The van der Waals surface area contributed by atoms with E-state index in [9.17, 15) is 0 Å². The molecule has 0 saturated carbocycles. The number of anilines is 1. The number of aromatic nitrogens is 1. The van der Waals surface area contributed by atoms with Gasteiger partial charge in [-0.2, -0.15) is 0 Å². The molecule has 0 bridgehead atoms. The zero-order valence-corrected chi connectivity index (χ0v) is 11.8. The highest BCUT2D eigenvalue weighted by Crippen LogP contribution is 2.16. The number of nitrogens with one attached hydrogen (secondary N) is 2. The van der Waals surface area contributed by atoms with Crippen molar-refractivity contribution in [1.29, 1.82) is 0 Å². The molecule has 1 unspecified atom stereocenters. The molecule has 18 heavy (non-hydrogen) atoms. The van der Waals surface area contributed by atoms with Crippen LogP contribution in [0.1, 0.15) is 5.69 Å². The first-order valence-electron chi connectivity index (χ1n) is 5.76. The lowest BCUT2D eigenvalue weighted by molar-refractivity contribution is 0.0365. The third kappa shape index (κ3) is 4.78. The molecular formula is C12H20ClN3O2. The van der Waals surface area contributed by atoms with Gasteiger partial charge in [0, 0.05) is 27.3 Å². The van der Waals surface area contributed by atoms with Gasteiger partial charge in [0.25, 0.3) is 0 Å². The molecule has 0 spiro atoms. The first kappa shape index (κ1) is 15.2. The van der Waals surface area contributed by atoms with E-state index < -0.39 is 0 Å². The van der Waals surface area contributed by atoms with E-state index in [1.165, 1.54) is 0 Å². The smallest absolute Gasteiger partial charge is 0.126 e. The van der Waals surface area contributed by atoms with Gasteiger partial charge in [-0.1, -0.05) is 11.6 Å². The summed E-state index contributed by atoms with van der Waals surface area (Å²) < 4.78 is 10.3. The summed E-state index contributed by atoms with van der Waals surface area (Å²) >= 11 is 6.04. The van der Waals surface area contributed by atoms with Crippen molar-refractivity contribution in [2.75, 3.05) is 39.7 Å². The zero-order valence-electron chi connectivity index (χ0n) is 11.0. The minimum Gasteiger partial charge on any atom is -0.382 e. The van der Waals surface area contributed by atoms with E-state index in [1.807, 2.05) is 19.2 Å². The number of hydrogen-bond acceptors (Lipinski definition) is 5. The minimum atomic E-state index is 0.000211. The van der Waals surface area contributed by atoms with Crippen LogP contribution in [-0.2, 0) is 16.0 Å². The van der Waals surface area contributed by atoms with Crippen molar-refractivity contribution in [3.63, 3.8) is 0 Å². The van der Waals surface area contributed by atoms with Crippen molar-refractivity contribution in [1.82, 2.24) is 10.3 Å². The molecule has 1 heterocycles. The van der Waals surface area contributed by atoms with E-state index in [-0.39, 0.29) is 6.10 Å². The number of hydrogen-bond donors (Lipinski definition) is 2. The molecule has 1 aromatic heterocycles. The highest BCUT2D eigenvalue weighted by Gasteiger charge is 2.08. The molecule has 0 aliphatic carbocycles. The quantitative estimate of drug-likeness (QED) is 0.752. The second-order valence-electron chi connectivity index (χ2n) is 3.85. The highest BCUT2D eigenvalue weighted by atomic mass is 35.5. The molecule has 1 aromatic rings. The maximum Gasteiger partial charge on any atom is 0.126 e. The molecule has 0 radical (unpaired) electrons. The minimum absolute atomic E-state index is 0.000211. The third-order valence-electron chi connectivity index (χ3n) is 2.46. The molecule has 0 fully saturated rings. The largest absolute Gasteiger partial charge is 0.382 e. The second-order valence-corrected chi connectivity index (χ2v) is 4.26. The molecule has 1 rings (SSSR count). The summed E-state index contributed by atoms with van der Waals surface area (Å²) in [7, 11) is 5.17. The van der Waals surface area contributed by atoms with Crippen LogP contribution in [0.4, 0.5) is 5.82 Å². The summed E-state index contributed by atoms with van der Waals surface area (Å²) in [6.07, 6.45) is 0.000211. The SMILES string of the molecule is CNCc1nc(NCC(COC)OC)ccc1Cl. The Morgan fingerprint density at radius 2 is 2.17 bits per heavy atom. The molecule has 1 atom stereocenters. The number of halogens is 1. The molecule has 0 aliphatic heterocycles. The Morgan fingerprint density at radius 1 is 1.39 bits per heavy atom. The van der Waals surface area contributed by atoms with Crippen LogP contribution < -0.4 is 10.6 Å². The van der Waals surface area contributed by atoms with Crippen molar-refractivity contribution < 1.29 is 9.47 Å². The summed E-state index contributed by atoms with van der Waals surface area (Å²) in [4.78, 5) is 4.43. The first-order chi connectivity index (χ1) is 8.71. The lowest BCUT2D eigenvalue weighted by Gasteiger charge is -2.16. The normalized spacial score (nSPS) is 12.4. The second kappa shape index (κ2) is 8.26. The van der Waals surface area contributed by atoms with Crippen molar-refractivity contribution in [3.05, 3.63) is 22.8 Å². The summed E-state index contributed by atoms with van der Waals surface area (Å²) in [5, 5.41) is 6.90. The monoisotopic (exact) mass is 273 g/mol. The van der Waals surface area contributed by atoms with Gasteiger partial charge in [0.2, 0.25) is 0 Å². The Labute approximate surface area is 113 Å². The Bertz CT molecular complexity index is 363. The van der Waals surface area contributed by atoms with Gasteiger partial charge < -0.3 is 20.1 Å². The Kier molecular flexibility index (Phi) is 6.97. The van der Waals surface area contributed by atoms with Gasteiger partial charge in [-0.3, -0.25) is 0 Å². The van der Waals surface area contributed by atoms with E-state index in [4.69, 9.17) is 21.1 Å². The molecule has 6 heteroatoms. The Balaban J connectivity index is 2.58. The van der Waals surface area contributed by atoms with E-state index >= 15 is 0 Å². The number of rotatable bonds is 8. The number of nitrogens with zero attached hydrogens (tertiary/aromatic N) is 1. The van der Waals surface area contributed by atoms with Crippen LogP contribution in [0.15, 0.2) is 12.1 Å². The first-order valence-corrected chi connectivity index (χ1v) is 6.14. The number of ether oxygens (including phenoxy) is 2. The highest BCUT2D eigenvalue weighted by molar-refractivity contribution is 6.31. The molecule has 102 valence electrons. The lowest BCUT2D eigenvalue weighted by atomic mass is 10.3. The summed E-state index contributed by atoms with van der Waals surface area (Å²) in [5.74, 6) is 0.780. The predicted molar refractivity (Wildman–Crippen MR) is 73.2 cm³/mol. The van der Waals surface area contributed by atoms with Crippen LogP contribution in [0.3, 0.4) is 0 Å². The van der Waals surface area contributed by atoms with Gasteiger partial charge >= 0.3 is 0 Å². The average molecular weight is 274 g/mol. The maximum absolute atomic E-state index is 6.04. The Hall–Kier alpha value is -0.880. The van der Waals surface area contributed by atoms with Crippen molar-refractivity contribution in [2.45, 2.75) is 12.6 Å². The lowest BCUT2D eigenvalue weighted by Crippen LogP contribution is -2.27. The summed E-state index contributed by atoms with van der Waals surface area (Å²) in [5.41, 5.74) is 0.824. The van der Waals surface area contributed by atoms with Crippen LogP contribution in [0, 0.1) is 0 Å². The van der Waals surface area contributed by atoms with Crippen LogP contribution in [0.2, 0.25) is 5.02 Å². The number of pyridine rings is 1. The molecule has 0 saturated heterocycles. The molecule has 0 amide bonds. The van der Waals surface area contributed by atoms with E-state index in [2.05, 4.69) is 15.6 Å². The summed E-state index contributed by atoms with van der Waals surface area (Å²) in [6, 6.07) is 3.68. The molecular weight excluding hydrogens is 254 g/mol. The van der Waals surface area contributed by atoms with E-state index in [1.54, 1.807) is 14.2 Å². The summed E-state index contributed by atoms with van der Waals surface area (Å²) in [6.45, 7) is 1.82. The van der Waals surface area contributed by atoms with Crippen molar-refractivity contribution in [2.24, 2.45) is 0 Å². The molecule has 5 nitrogen and oxygen atoms in total. The van der Waals surface area contributed by atoms with Gasteiger partial charge in [-0.15, -0.1) is 0 Å². The zero-order chi connectivity index (χ0) is 13.4. The predicted octanol–water partition coefficient (Wildman–Crippen LogP) is 1.53. The van der Waals surface area contributed by atoms with Gasteiger partial charge in [-0.05, 0) is 19.2 Å². The van der Waals surface area contributed by atoms with Crippen LogP contribution >= 0.6 is 11.6 Å². The van der Waals surface area contributed by atoms with Crippen molar-refractivity contribution >= 4 is 17.4 Å². The fourth-order valence-corrected chi connectivity index (χ4v) is 1.66. The molecule has 0 aromatic carbocycles. The number of methoxy groups -OCH3 is 2. The fraction of sp³-hybridized carbons (Fsp3) is 0.583. The average Bonchev–Trinajstić information content (AvgIpc) is 2.38. The molecule has 2 N–H and O–H groups in total. The van der Waals surface area contributed by atoms with Crippen LogP contribution in [-0.4, -0.2) is 45.5 Å². The Morgan fingerprint density at radius 3 is 2.78 bits per heavy atom. The van der Waals surface area contributed by atoms with Gasteiger partial charge in [0.05, 0.1) is 23.4 Å². The van der Waals surface area contributed by atoms with Crippen molar-refractivity contribution in [3.8, 4) is 0 Å². The molecule has 0 aliphatic rings. The van der Waals surface area contributed by atoms with Gasteiger partial charge in [0.1, 0.15) is 5.82 Å². The van der Waals surface area contributed by atoms with E-state index in [0.717, 1.165) is 11.5 Å². The van der Waals surface area contributed by atoms with Gasteiger partial charge in [-0.25, -0.2) is 4.98 Å². The maximum atomic E-state index is 6.04. The van der Waals surface area contributed by atoms with E-state index in [0.29, 0.717) is 24.7 Å². The fourth-order valence-electron chi connectivity index (χ4n) is 1.49.